The van der Waals surface area contributed by atoms with Gasteiger partial charge in [-0.15, -0.1) is 0 Å². The molecule has 12 heteroatoms. The third-order valence-corrected chi connectivity index (χ3v) is 6.50. The van der Waals surface area contributed by atoms with Gasteiger partial charge in [0.15, 0.2) is 17.0 Å². The summed E-state index contributed by atoms with van der Waals surface area (Å²) in [6.45, 7) is 7.74. The molecule has 2 aliphatic heterocycles. The van der Waals surface area contributed by atoms with Crippen LogP contribution in [-0.2, 0) is 11.8 Å². The third kappa shape index (κ3) is 4.09. The van der Waals surface area contributed by atoms with E-state index < -0.39 is 18.1 Å². The summed E-state index contributed by atoms with van der Waals surface area (Å²) in [6.07, 6.45) is 4.64. The van der Waals surface area contributed by atoms with Crippen molar-refractivity contribution in [2.75, 3.05) is 43.4 Å². The highest BCUT2D eigenvalue weighted by Crippen LogP contribution is 2.30. The molecule has 0 spiro atoms. The van der Waals surface area contributed by atoms with Crippen molar-refractivity contribution in [2.24, 2.45) is 7.05 Å². The molecule has 2 aliphatic rings. The van der Waals surface area contributed by atoms with Crippen LogP contribution in [0.2, 0.25) is 0 Å². The van der Waals surface area contributed by atoms with Crippen molar-refractivity contribution in [3.63, 3.8) is 0 Å². The predicted octanol–water partition coefficient (Wildman–Crippen LogP) is 1.32. The maximum absolute atomic E-state index is 14.6. The molecule has 5 heterocycles. The van der Waals surface area contributed by atoms with Crippen molar-refractivity contribution in [3.8, 4) is 0 Å². The molecule has 5 rings (SSSR count). The Hall–Kier alpha value is -3.54. The van der Waals surface area contributed by atoms with Crippen LogP contribution in [0.15, 0.2) is 25.2 Å². The summed E-state index contributed by atoms with van der Waals surface area (Å²) >= 11 is 0. The molecular formula is C22H29FN10O. The van der Waals surface area contributed by atoms with Crippen LogP contribution >= 0.6 is 0 Å². The van der Waals surface area contributed by atoms with Gasteiger partial charge in [-0.1, -0.05) is 6.58 Å². The van der Waals surface area contributed by atoms with Crippen LogP contribution in [0, 0.1) is 6.92 Å². The molecule has 180 valence electrons. The number of fused-ring (bicyclic) bond motifs is 1. The summed E-state index contributed by atoms with van der Waals surface area (Å²) in [5.74, 6) is 0.501. The average molecular weight is 469 g/mol. The van der Waals surface area contributed by atoms with Gasteiger partial charge in [-0.3, -0.25) is 9.48 Å². The molecule has 0 aliphatic carbocycles. The number of likely N-dealkylation sites (N-methyl/N-ethyl adjacent to an activating group) is 1. The maximum atomic E-state index is 14.6. The van der Waals surface area contributed by atoms with Crippen LogP contribution in [0.5, 0.6) is 0 Å². The molecule has 1 amide bonds. The Kier molecular flexibility index (Phi) is 5.68. The van der Waals surface area contributed by atoms with E-state index in [0.29, 0.717) is 29.0 Å². The summed E-state index contributed by atoms with van der Waals surface area (Å²) < 4.78 is 18.5. The number of rotatable bonds is 6. The second-order valence-electron chi connectivity index (χ2n) is 9.08. The monoisotopic (exact) mass is 468 g/mol. The lowest BCUT2D eigenvalue weighted by Gasteiger charge is -2.17. The Morgan fingerprint density at radius 1 is 1.26 bits per heavy atom. The zero-order valence-corrected chi connectivity index (χ0v) is 19.6. The molecule has 34 heavy (non-hydrogen) atoms. The lowest BCUT2D eigenvalue weighted by atomic mass is 10.2. The first-order chi connectivity index (χ1) is 16.3. The maximum Gasteiger partial charge on any atom is 0.243 e. The Morgan fingerprint density at radius 3 is 2.82 bits per heavy atom. The van der Waals surface area contributed by atoms with Gasteiger partial charge in [0, 0.05) is 26.3 Å². The number of carbonyl (C=O) groups excluding carboxylic acids is 1. The van der Waals surface area contributed by atoms with E-state index in [0.717, 1.165) is 37.0 Å². The fraction of sp³-hybridized carbons (Fsp3) is 0.500. The number of anilines is 3. The lowest BCUT2D eigenvalue weighted by molar-refractivity contribution is -0.117. The summed E-state index contributed by atoms with van der Waals surface area (Å²) in [5.41, 5.74) is 2.94. The predicted molar refractivity (Wildman–Crippen MR) is 127 cm³/mol. The highest BCUT2D eigenvalue weighted by atomic mass is 19.1. The van der Waals surface area contributed by atoms with Crippen LogP contribution in [0.25, 0.3) is 11.2 Å². The van der Waals surface area contributed by atoms with Crippen LogP contribution < -0.4 is 15.5 Å². The first-order valence-electron chi connectivity index (χ1n) is 11.3. The molecule has 0 saturated carbocycles. The van der Waals surface area contributed by atoms with Crippen molar-refractivity contribution in [1.82, 2.24) is 39.5 Å². The minimum atomic E-state index is -1.24. The van der Waals surface area contributed by atoms with Gasteiger partial charge in [-0.05, 0) is 33.0 Å². The number of hydrogen-bond acceptors (Lipinski definition) is 8. The molecule has 11 nitrogen and oxygen atoms in total. The average Bonchev–Trinajstić information content (AvgIpc) is 3.58. The van der Waals surface area contributed by atoms with E-state index in [4.69, 9.17) is 10.1 Å². The number of aryl methyl sites for hydroxylation is 2. The van der Waals surface area contributed by atoms with Gasteiger partial charge in [-0.25, -0.2) is 9.37 Å². The Labute approximate surface area is 196 Å². The zero-order valence-electron chi connectivity index (χ0n) is 19.6. The number of halogens is 1. The van der Waals surface area contributed by atoms with Crippen LogP contribution in [0.1, 0.15) is 18.2 Å². The van der Waals surface area contributed by atoms with Gasteiger partial charge >= 0.3 is 0 Å². The van der Waals surface area contributed by atoms with E-state index in [-0.39, 0.29) is 13.1 Å². The van der Waals surface area contributed by atoms with E-state index >= 15 is 0 Å². The topological polar surface area (TPSA) is 109 Å². The number of amides is 1. The number of likely N-dealkylation sites (tertiary alicyclic amines) is 1. The van der Waals surface area contributed by atoms with Crippen molar-refractivity contribution in [2.45, 2.75) is 31.6 Å². The molecule has 3 aromatic rings. The number of aromatic nitrogens is 6. The minimum Gasteiger partial charge on any atom is -0.345 e. The molecule has 2 saturated heterocycles. The molecule has 2 fully saturated rings. The van der Waals surface area contributed by atoms with Gasteiger partial charge in [0.1, 0.15) is 6.17 Å². The molecule has 3 atom stereocenters. The first-order valence-corrected chi connectivity index (χ1v) is 11.3. The molecule has 0 aromatic carbocycles. The van der Waals surface area contributed by atoms with Gasteiger partial charge in [0.2, 0.25) is 11.9 Å². The Balaban J connectivity index is 1.44. The van der Waals surface area contributed by atoms with Crippen LogP contribution in [0.4, 0.5) is 21.8 Å². The van der Waals surface area contributed by atoms with Crippen molar-refractivity contribution in [3.05, 3.63) is 30.9 Å². The fourth-order valence-electron chi connectivity index (χ4n) is 4.58. The van der Waals surface area contributed by atoms with Gasteiger partial charge < -0.3 is 25.0 Å². The molecular weight excluding hydrogens is 439 g/mol. The lowest BCUT2D eigenvalue weighted by Crippen LogP contribution is -2.40. The van der Waals surface area contributed by atoms with Crippen molar-refractivity contribution in [1.29, 1.82) is 0 Å². The van der Waals surface area contributed by atoms with Crippen LogP contribution in [-0.4, -0.2) is 85.5 Å². The van der Waals surface area contributed by atoms with Crippen molar-refractivity contribution < 1.29 is 9.18 Å². The first kappa shape index (κ1) is 22.3. The second-order valence-corrected chi connectivity index (χ2v) is 9.08. The van der Waals surface area contributed by atoms with E-state index in [1.54, 1.807) is 15.8 Å². The summed E-state index contributed by atoms with van der Waals surface area (Å²) in [4.78, 5) is 29.5. The van der Waals surface area contributed by atoms with Gasteiger partial charge in [0.05, 0.1) is 36.3 Å². The third-order valence-electron chi connectivity index (χ3n) is 6.50. The SMILES string of the molecule is C=CC(=O)N[C@@H]1CN(c2nc(Nc3cn(C4CCN(C)C4)nc3C)c3ncn(C)c3n2)C[C@H]1F. The highest BCUT2D eigenvalue weighted by Gasteiger charge is 2.35. The minimum absolute atomic E-state index is 0.0804. The molecule has 2 N–H and O–H groups in total. The standard InChI is InChI=1S/C22H29FN10O/c1-5-18(34)25-17-10-32(9-15(17)23)22-27-20(19-21(28-22)31(4)12-24-19)26-16-11-33(29-13(16)2)14-6-7-30(3)8-14/h5,11-12,14-15,17H,1,6-10H2,2-4H3,(H,25,34)(H,26,27,28)/t14?,15-,17-/m1/s1. The summed E-state index contributed by atoms with van der Waals surface area (Å²) in [5, 5.41) is 10.7. The Morgan fingerprint density at radius 2 is 2.09 bits per heavy atom. The smallest absolute Gasteiger partial charge is 0.243 e. The normalized spacial score (nSPS) is 23.1. The highest BCUT2D eigenvalue weighted by molar-refractivity contribution is 5.88. The van der Waals surface area contributed by atoms with E-state index in [2.05, 4.69) is 39.1 Å². The van der Waals surface area contributed by atoms with E-state index in [1.807, 2.05) is 24.9 Å². The Bertz CT molecular complexity index is 1240. The van der Waals surface area contributed by atoms with Gasteiger partial charge in [0.25, 0.3) is 0 Å². The molecule has 0 bridgehead atoms. The van der Waals surface area contributed by atoms with Gasteiger partial charge in [-0.2, -0.15) is 15.1 Å². The number of alkyl halides is 1. The van der Waals surface area contributed by atoms with E-state index in [9.17, 15) is 9.18 Å². The zero-order chi connectivity index (χ0) is 24.0. The second kappa shape index (κ2) is 8.67. The summed E-state index contributed by atoms with van der Waals surface area (Å²) in [7, 11) is 3.97. The number of nitrogens with zero attached hydrogens (tertiary/aromatic N) is 8. The number of imidazole rings is 1. The molecule has 3 aromatic heterocycles. The number of nitrogens with one attached hydrogen (secondary N) is 2. The summed E-state index contributed by atoms with van der Waals surface area (Å²) in [6, 6.07) is -0.318. The quantitative estimate of drug-likeness (QED) is 0.522. The van der Waals surface area contributed by atoms with Crippen LogP contribution in [0.3, 0.4) is 0 Å². The van der Waals surface area contributed by atoms with E-state index in [1.165, 1.54) is 0 Å². The van der Waals surface area contributed by atoms with Crippen molar-refractivity contribution >= 4 is 34.5 Å². The largest absolute Gasteiger partial charge is 0.345 e. The molecule has 0 radical (unpaired) electrons. The number of hydrogen-bond donors (Lipinski definition) is 2. The fourth-order valence-corrected chi connectivity index (χ4v) is 4.58. The number of carbonyl (C=O) groups is 1. The molecule has 1 unspecified atom stereocenters.